The van der Waals surface area contributed by atoms with Gasteiger partial charge in [-0.3, -0.25) is 0 Å². The van der Waals surface area contributed by atoms with Gasteiger partial charge in [-0.1, -0.05) is 42.8 Å². The van der Waals surface area contributed by atoms with Crippen molar-refractivity contribution >= 4 is 15.9 Å². The fraction of sp³-hybridized carbons (Fsp3) is 0.360. The Bertz CT molecular complexity index is 1120. The molecule has 1 aliphatic rings. The molecule has 0 saturated carbocycles. The summed E-state index contributed by atoms with van der Waals surface area (Å²) in [4.78, 5) is 0. The molecule has 3 N–H and O–H groups in total. The molecule has 2 aromatic carbocycles. The summed E-state index contributed by atoms with van der Waals surface area (Å²) in [5.74, 6) is -0.813. The van der Waals surface area contributed by atoms with Crippen LogP contribution in [-0.4, -0.2) is 54.1 Å². The quantitative estimate of drug-likeness (QED) is 0.453. The number of para-hydroxylation sites is 1. The SMILES string of the molecule is CC/C(=C\c1ccc(O)c(F)c1)CC[C@@H](O)C1=C(COc2ccccc2)CS(=O)(=O)[C@H]1CO. The lowest BCUT2D eigenvalue weighted by molar-refractivity contribution is 0.187. The Labute approximate surface area is 193 Å². The van der Waals surface area contributed by atoms with Gasteiger partial charge in [0, 0.05) is 0 Å². The van der Waals surface area contributed by atoms with Crippen LogP contribution in [0.3, 0.4) is 0 Å². The smallest absolute Gasteiger partial charge is 0.165 e. The topological polar surface area (TPSA) is 104 Å². The van der Waals surface area contributed by atoms with Gasteiger partial charge in [-0.2, -0.15) is 0 Å². The number of sulfone groups is 1. The number of aromatic hydroxyl groups is 1. The fourth-order valence-electron chi connectivity index (χ4n) is 4.00. The predicted octanol–water partition coefficient (Wildman–Crippen LogP) is 3.63. The standard InChI is InChI=1S/C25H29FO6S/c1-2-17(12-18-9-10-22(28)21(26)13-18)8-11-23(29)25-19(16-33(30,31)24(25)14-27)15-32-20-6-4-3-5-7-20/h3-7,9-10,12-13,23-24,27-29H,2,8,11,14-16H2,1H3/b17-12+/t23-,24+/m1/s1. The first-order chi connectivity index (χ1) is 15.7. The second-order valence-electron chi connectivity index (χ2n) is 8.06. The highest BCUT2D eigenvalue weighted by Gasteiger charge is 2.41. The summed E-state index contributed by atoms with van der Waals surface area (Å²) in [5.41, 5.74) is 2.29. The molecule has 2 atom stereocenters. The Kier molecular flexibility index (Phi) is 8.29. The van der Waals surface area contributed by atoms with Gasteiger partial charge in [0.25, 0.3) is 0 Å². The van der Waals surface area contributed by atoms with E-state index in [-0.39, 0.29) is 18.8 Å². The first-order valence-electron chi connectivity index (χ1n) is 10.8. The first kappa shape index (κ1) is 25.0. The van der Waals surface area contributed by atoms with E-state index in [1.807, 2.05) is 13.0 Å². The molecule has 0 fully saturated rings. The molecule has 0 spiro atoms. The average molecular weight is 477 g/mol. The maximum absolute atomic E-state index is 13.6. The summed E-state index contributed by atoms with van der Waals surface area (Å²) < 4.78 is 44.5. The molecule has 1 heterocycles. The van der Waals surface area contributed by atoms with Crippen LogP contribution < -0.4 is 4.74 Å². The lowest BCUT2D eigenvalue weighted by Gasteiger charge is -2.20. The number of benzene rings is 2. The van der Waals surface area contributed by atoms with Crippen LogP contribution in [0.15, 0.2) is 65.3 Å². The number of hydrogen-bond donors (Lipinski definition) is 3. The van der Waals surface area contributed by atoms with Gasteiger partial charge in [-0.05, 0) is 60.2 Å². The van der Waals surface area contributed by atoms with E-state index in [0.29, 0.717) is 35.3 Å². The molecule has 0 unspecified atom stereocenters. The van der Waals surface area contributed by atoms with E-state index in [1.54, 1.807) is 36.4 Å². The molecular formula is C25H29FO6S. The minimum absolute atomic E-state index is 0.00932. The summed E-state index contributed by atoms with van der Waals surface area (Å²) in [5, 5.41) is 28.9. The third-order valence-electron chi connectivity index (χ3n) is 5.78. The van der Waals surface area contributed by atoms with Crippen LogP contribution in [0, 0.1) is 5.82 Å². The van der Waals surface area contributed by atoms with E-state index in [9.17, 15) is 28.1 Å². The van der Waals surface area contributed by atoms with E-state index in [1.165, 1.54) is 12.1 Å². The molecule has 33 heavy (non-hydrogen) atoms. The Morgan fingerprint density at radius 2 is 1.97 bits per heavy atom. The second kappa shape index (κ2) is 11.0. The number of halogens is 1. The van der Waals surface area contributed by atoms with E-state index >= 15 is 0 Å². The van der Waals surface area contributed by atoms with Gasteiger partial charge in [0.2, 0.25) is 0 Å². The summed E-state index contributed by atoms with van der Waals surface area (Å²) in [6.07, 6.45) is 2.07. The lowest BCUT2D eigenvalue weighted by atomic mass is 9.94. The van der Waals surface area contributed by atoms with Crippen molar-refractivity contribution in [2.24, 2.45) is 0 Å². The molecule has 3 rings (SSSR count). The minimum Gasteiger partial charge on any atom is -0.505 e. The number of allylic oxidation sites excluding steroid dienone is 1. The zero-order valence-electron chi connectivity index (χ0n) is 18.4. The maximum atomic E-state index is 13.6. The molecule has 0 bridgehead atoms. The van der Waals surface area contributed by atoms with Crippen molar-refractivity contribution in [2.45, 2.75) is 37.5 Å². The van der Waals surface area contributed by atoms with Crippen LogP contribution in [0.25, 0.3) is 6.08 Å². The summed E-state index contributed by atoms with van der Waals surface area (Å²) in [7, 11) is -3.63. The highest BCUT2D eigenvalue weighted by molar-refractivity contribution is 7.92. The lowest BCUT2D eigenvalue weighted by Crippen LogP contribution is -2.29. The fourth-order valence-corrected chi connectivity index (χ4v) is 5.87. The third-order valence-corrected chi connectivity index (χ3v) is 7.80. The zero-order valence-corrected chi connectivity index (χ0v) is 19.3. The van der Waals surface area contributed by atoms with Crippen LogP contribution in [0.4, 0.5) is 4.39 Å². The van der Waals surface area contributed by atoms with Gasteiger partial charge in [-0.25, -0.2) is 12.8 Å². The number of aliphatic hydroxyl groups is 2. The number of rotatable bonds is 10. The van der Waals surface area contributed by atoms with E-state index in [2.05, 4.69) is 0 Å². The van der Waals surface area contributed by atoms with E-state index < -0.39 is 39.4 Å². The maximum Gasteiger partial charge on any atom is 0.165 e. The average Bonchev–Trinajstić information content (AvgIpc) is 3.07. The molecule has 8 heteroatoms. The minimum atomic E-state index is -3.63. The Morgan fingerprint density at radius 3 is 2.61 bits per heavy atom. The Morgan fingerprint density at radius 1 is 1.24 bits per heavy atom. The number of ether oxygens (including phenoxy) is 1. The Hall–Kier alpha value is -2.68. The highest BCUT2D eigenvalue weighted by atomic mass is 32.2. The molecule has 6 nitrogen and oxygen atoms in total. The third kappa shape index (κ3) is 6.22. The summed E-state index contributed by atoms with van der Waals surface area (Å²) in [6.45, 7) is 1.34. The molecule has 0 saturated heterocycles. The van der Waals surface area contributed by atoms with Crippen molar-refractivity contribution in [2.75, 3.05) is 19.0 Å². The van der Waals surface area contributed by atoms with Crippen molar-refractivity contribution in [1.82, 2.24) is 0 Å². The first-order valence-corrected chi connectivity index (χ1v) is 12.5. The van der Waals surface area contributed by atoms with Crippen molar-refractivity contribution in [3.8, 4) is 11.5 Å². The molecule has 2 aromatic rings. The predicted molar refractivity (Wildman–Crippen MR) is 125 cm³/mol. The van der Waals surface area contributed by atoms with Crippen LogP contribution >= 0.6 is 0 Å². The van der Waals surface area contributed by atoms with Crippen molar-refractivity contribution in [3.05, 3.63) is 76.6 Å². The van der Waals surface area contributed by atoms with Crippen molar-refractivity contribution in [1.29, 1.82) is 0 Å². The second-order valence-corrected chi connectivity index (χ2v) is 10.2. The van der Waals surface area contributed by atoms with Crippen molar-refractivity contribution < 1.29 is 32.9 Å². The van der Waals surface area contributed by atoms with Crippen LogP contribution in [0.5, 0.6) is 11.5 Å². The Balaban J connectivity index is 1.77. The van der Waals surface area contributed by atoms with Gasteiger partial charge >= 0.3 is 0 Å². The van der Waals surface area contributed by atoms with Gasteiger partial charge in [0.05, 0.1) is 18.5 Å². The molecule has 0 aromatic heterocycles. The number of aliphatic hydroxyl groups excluding tert-OH is 2. The molecule has 0 amide bonds. The van der Waals surface area contributed by atoms with Gasteiger partial charge in [0.15, 0.2) is 21.4 Å². The van der Waals surface area contributed by atoms with Crippen LogP contribution in [0.2, 0.25) is 0 Å². The molecule has 0 aliphatic carbocycles. The number of phenolic OH excluding ortho intramolecular Hbond substituents is 1. The van der Waals surface area contributed by atoms with E-state index in [0.717, 1.165) is 5.57 Å². The van der Waals surface area contributed by atoms with Gasteiger partial charge in [-0.15, -0.1) is 0 Å². The molecule has 0 radical (unpaired) electrons. The molecule has 178 valence electrons. The summed E-state index contributed by atoms with van der Waals surface area (Å²) >= 11 is 0. The summed E-state index contributed by atoms with van der Waals surface area (Å²) in [6, 6.07) is 13.1. The number of phenols is 1. The van der Waals surface area contributed by atoms with Crippen LogP contribution in [-0.2, 0) is 9.84 Å². The van der Waals surface area contributed by atoms with Crippen molar-refractivity contribution in [3.63, 3.8) is 0 Å². The zero-order chi connectivity index (χ0) is 24.0. The normalized spacial score (nSPS) is 19.0. The highest BCUT2D eigenvalue weighted by Crippen LogP contribution is 2.33. The van der Waals surface area contributed by atoms with E-state index in [4.69, 9.17) is 4.74 Å². The van der Waals surface area contributed by atoms with Gasteiger partial charge in [0.1, 0.15) is 17.6 Å². The molecule has 1 aliphatic heterocycles. The van der Waals surface area contributed by atoms with Gasteiger partial charge < -0.3 is 20.1 Å². The monoisotopic (exact) mass is 476 g/mol. The molecular weight excluding hydrogens is 447 g/mol. The van der Waals surface area contributed by atoms with Crippen LogP contribution in [0.1, 0.15) is 31.7 Å². The number of hydrogen-bond acceptors (Lipinski definition) is 6. The largest absolute Gasteiger partial charge is 0.505 e.